The van der Waals surface area contributed by atoms with Crippen LogP contribution in [0.5, 0.6) is 0 Å². The van der Waals surface area contributed by atoms with Crippen molar-refractivity contribution in [2.24, 2.45) is 0 Å². The Kier molecular flexibility index (Phi) is 6.12. The van der Waals surface area contributed by atoms with Gasteiger partial charge in [0, 0.05) is 6.04 Å². The van der Waals surface area contributed by atoms with E-state index in [4.69, 9.17) is 0 Å². The molecule has 2 N–H and O–H groups in total. The summed E-state index contributed by atoms with van der Waals surface area (Å²) in [6.07, 6.45) is 6.32. The van der Waals surface area contributed by atoms with E-state index in [-0.39, 0.29) is 12.6 Å². The monoisotopic (exact) mass is 243 g/mol. The molecule has 0 aromatic heterocycles. The Morgan fingerprint density at radius 2 is 2.22 bits per heavy atom. The molecule has 0 saturated carbocycles. The first-order chi connectivity index (χ1) is 8.74. The first-order valence-electron chi connectivity index (χ1n) is 6.07. The number of aliphatic hydroxyl groups is 1. The van der Waals surface area contributed by atoms with E-state index in [0.717, 1.165) is 17.6 Å². The van der Waals surface area contributed by atoms with Crippen molar-refractivity contribution in [3.05, 3.63) is 66.8 Å². The minimum Gasteiger partial charge on any atom is -0.395 e. The van der Waals surface area contributed by atoms with Crippen LogP contribution < -0.4 is 5.32 Å². The van der Waals surface area contributed by atoms with Crippen LogP contribution in [0.3, 0.4) is 0 Å². The quantitative estimate of drug-likeness (QED) is 0.721. The second kappa shape index (κ2) is 7.64. The lowest BCUT2D eigenvalue weighted by atomic mass is 9.99. The SMILES string of the molecule is C=C/C=C(\C=C)c1cccc(CC(CO)NC)c1. The van der Waals surface area contributed by atoms with Gasteiger partial charge in [0.1, 0.15) is 0 Å². The number of hydrogen-bond acceptors (Lipinski definition) is 2. The minimum absolute atomic E-state index is 0.0933. The first-order valence-corrected chi connectivity index (χ1v) is 6.07. The fourth-order valence-electron chi connectivity index (χ4n) is 1.83. The summed E-state index contributed by atoms with van der Waals surface area (Å²) in [7, 11) is 1.86. The predicted octanol–water partition coefficient (Wildman–Crippen LogP) is 2.56. The van der Waals surface area contributed by atoms with Crippen LogP contribution in [0, 0.1) is 0 Å². The van der Waals surface area contributed by atoms with Crippen LogP contribution in [0.4, 0.5) is 0 Å². The zero-order valence-corrected chi connectivity index (χ0v) is 10.9. The van der Waals surface area contributed by atoms with Crippen LogP contribution in [-0.4, -0.2) is 24.8 Å². The normalized spacial score (nSPS) is 13.1. The van der Waals surface area contributed by atoms with Gasteiger partial charge in [-0.25, -0.2) is 0 Å². The molecule has 2 nitrogen and oxygen atoms in total. The fourth-order valence-corrected chi connectivity index (χ4v) is 1.83. The average Bonchev–Trinajstić information content (AvgIpc) is 2.42. The van der Waals surface area contributed by atoms with E-state index in [2.05, 4.69) is 30.6 Å². The molecule has 0 aliphatic heterocycles. The Morgan fingerprint density at radius 1 is 1.44 bits per heavy atom. The van der Waals surface area contributed by atoms with Crippen molar-refractivity contribution >= 4 is 5.57 Å². The molecule has 0 aliphatic rings. The van der Waals surface area contributed by atoms with Crippen molar-refractivity contribution in [3.8, 4) is 0 Å². The summed E-state index contributed by atoms with van der Waals surface area (Å²) >= 11 is 0. The Labute approximate surface area is 109 Å². The Balaban J connectivity index is 2.94. The molecule has 0 heterocycles. The summed E-state index contributed by atoms with van der Waals surface area (Å²) in [5, 5.41) is 12.3. The van der Waals surface area contributed by atoms with Crippen molar-refractivity contribution in [1.82, 2.24) is 5.32 Å². The maximum atomic E-state index is 9.19. The smallest absolute Gasteiger partial charge is 0.0587 e. The molecular formula is C16H21NO. The molecule has 18 heavy (non-hydrogen) atoms. The van der Waals surface area contributed by atoms with Crippen LogP contribution in [0.1, 0.15) is 11.1 Å². The number of benzene rings is 1. The summed E-state index contributed by atoms with van der Waals surface area (Å²) in [6, 6.07) is 8.36. The van der Waals surface area contributed by atoms with Gasteiger partial charge >= 0.3 is 0 Å². The van der Waals surface area contributed by atoms with Crippen molar-refractivity contribution in [1.29, 1.82) is 0 Å². The Bertz CT molecular complexity index is 430. The molecule has 1 atom stereocenters. The van der Waals surface area contributed by atoms with Gasteiger partial charge in [0.15, 0.2) is 0 Å². The first kappa shape index (κ1) is 14.4. The second-order valence-corrected chi connectivity index (χ2v) is 4.13. The van der Waals surface area contributed by atoms with Gasteiger partial charge < -0.3 is 10.4 Å². The molecule has 0 saturated heterocycles. The van der Waals surface area contributed by atoms with Crippen LogP contribution in [0.25, 0.3) is 5.57 Å². The lowest BCUT2D eigenvalue weighted by Gasteiger charge is -2.13. The lowest BCUT2D eigenvalue weighted by molar-refractivity contribution is 0.248. The molecule has 0 amide bonds. The van der Waals surface area contributed by atoms with Crippen molar-refractivity contribution < 1.29 is 5.11 Å². The molecule has 0 bridgehead atoms. The number of hydrogen-bond donors (Lipinski definition) is 2. The standard InChI is InChI=1S/C16H21NO/c1-4-7-14(5-2)15-9-6-8-13(10-15)11-16(12-18)17-3/h4-10,16-18H,1-2,11-12H2,3H3/b14-7+. The van der Waals surface area contributed by atoms with E-state index in [1.807, 2.05) is 31.3 Å². The third-order valence-corrected chi connectivity index (χ3v) is 2.89. The molecule has 2 heteroatoms. The molecule has 0 fully saturated rings. The van der Waals surface area contributed by atoms with Crippen LogP contribution in [-0.2, 0) is 6.42 Å². The summed E-state index contributed by atoms with van der Waals surface area (Å²) in [5.41, 5.74) is 3.37. The molecule has 0 radical (unpaired) electrons. The topological polar surface area (TPSA) is 32.3 Å². The number of aliphatic hydroxyl groups excluding tert-OH is 1. The highest BCUT2D eigenvalue weighted by Crippen LogP contribution is 2.18. The predicted molar refractivity (Wildman–Crippen MR) is 78.5 cm³/mol. The molecule has 0 spiro atoms. The van der Waals surface area contributed by atoms with Gasteiger partial charge in [-0.1, -0.05) is 55.7 Å². The maximum absolute atomic E-state index is 9.19. The average molecular weight is 243 g/mol. The zero-order chi connectivity index (χ0) is 13.4. The number of likely N-dealkylation sites (N-methyl/N-ethyl adjacent to an activating group) is 1. The van der Waals surface area contributed by atoms with E-state index in [0.29, 0.717) is 0 Å². The van der Waals surface area contributed by atoms with Gasteiger partial charge in [-0.2, -0.15) is 0 Å². The van der Waals surface area contributed by atoms with Crippen molar-refractivity contribution in [2.75, 3.05) is 13.7 Å². The molecule has 0 aliphatic carbocycles. The largest absolute Gasteiger partial charge is 0.395 e. The molecule has 1 rings (SSSR count). The van der Waals surface area contributed by atoms with E-state index in [1.54, 1.807) is 6.08 Å². The summed E-state index contributed by atoms with van der Waals surface area (Å²) < 4.78 is 0. The van der Waals surface area contributed by atoms with Crippen molar-refractivity contribution in [3.63, 3.8) is 0 Å². The highest BCUT2D eigenvalue weighted by molar-refractivity contribution is 5.74. The number of allylic oxidation sites excluding steroid dienone is 4. The van der Waals surface area contributed by atoms with E-state index in [1.165, 1.54) is 5.56 Å². The summed E-state index contributed by atoms with van der Waals surface area (Å²) in [5.74, 6) is 0. The Morgan fingerprint density at radius 3 is 2.78 bits per heavy atom. The van der Waals surface area contributed by atoms with Crippen LogP contribution >= 0.6 is 0 Å². The molecule has 1 aromatic rings. The molecule has 1 aromatic carbocycles. The van der Waals surface area contributed by atoms with Crippen molar-refractivity contribution in [2.45, 2.75) is 12.5 Å². The van der Waals surface area contributed by atoms with Crippen LogP contribution in [0.2, 0.25) is 0 Å². The highest BCUT2D eigenvalue weighted by atomic mass is 16.3. The van der Waals surface area contributed by atoms with E-state index in [9.17, 15) is 5.11 Å². The van der Waals surface area contributed by atoms with Gasteiger partial charge in [0.25, 0.3) is 0 Å². The molecule has 1 unspecified atom stereocenters. The van der Waals surface area contributed by atoms with Gasteiger partial charge in [0.05, 0.1) is 6.61 Å². The van der Waals surface area contributed by atoms with Crippen LogP contribution in [0.15, 0.2) is 55.7 Å². The highest BCUT2D eigenvalue weighted by Gasteiger charge is 2.06. The van der Waals surface area contributed by atoms with Gasteiger partial charge in [-0.3, -0.25) is 0 Å². The molecular weight excluding hydrogens is 222 g/mol. The van der Waals surface area contributed by atoms with E-state index < -0.39 is 0 Å². The summed E-state index contributed by atoms with van der Waals surface area (Å²) in [4.78, 5) is 0. The minimum atomic E-state index is 0.0933. The summed E-state index contributed by atoms with van der Waals surface area (Å²) in [6.45, 7) is 7.65. The third-order valence-electron chi connectivity index (χ3n) is 2.89. The van der Waals surface area contributed by atoms with E-state index >= 15 is 0 Å². The lowest BCUT2D eigenvalue weighted by Crippen LogP contribution is -2.31. The third kappa shape index (κ3) is 3.99. The second-order valence-electron chi connectivity index (χ2n) is 4.13. The Hall–Kier alpha value is -1.64. The fraction of sp³-hybridized carbons (Fsp3) is 0.250. The number of rotatable bonds is 7. The zero-order valence-electron chi connectivity index (χ0n) is 10.9. The van der Waals surface area contributed by atoms with Gasteiger partial charge in [-0.15, -0.1) is 0 Å². The van der Waals surface area contributed by atoms with Gasteiger partial charge in [-0.05, 0) is 30.2 Å². The molecule has 96 valence electrons. The maximum Gasteiger partial charge on any atom is 0.0587 e. The number of nitrogens with one attached hydrogen (secondary N) is 1. The van der Waals surface area contributed by atoms with Gasteiger partial charge in [0.2, 0.25) is 0 Å².